The first kappa shape index (κ1) is 17.9. The largest absolute Gasteiger partial charge is 0.447 e. The summed E-state index contributed by atoms with van der Waals surface area (Å²) >= 11 is 0. The second-order valence-corrected chi connectivity index (χ2v) is 7.81. The summed E-state index contributed by atoms with van der Waals surface area (Å²) in [4.78, 5) is 24.1. The Labute approximate surface area is 170 Å². The van der Waals surface area contributed by atoms with Gasteiger partial charge in [0.15, 0.2) is 0 Å². The number of benzene rings is 2. The number of ether oxygens (including phenoxy) is 1. The molecule has 1 saturated heterocycles. The molecule has 29 heavy (non-hydrogen) atoms. The molecule has 0 N–H and O–H groups in total. The lowest BCUT2D eigenvalue weighted by Crippen LogP contribution is -2.74. The molecule has 1 amide bonds. The summed E-state index contributed by atoms with van der Waals surface area (Å²) in [7, 11) is 0. The van der Waals surface area contributed by atoms with E-state index in [0.29, 0.717) is 6.54 Å². The van der Waals surface area contributed by atoms with E-state index in [-0.39, 0.29) is 11.9 Å². The monoisotopic (exact) mass is 385 g/mol. The van der Waals surface area contributed by atoms with Crippen LogP contribution in [0.4, 0.5) is 0 Å². The Morgan fingerprint density at radius 2 is 1.69 bits per heavy atom. The van der Waals surface area contributed by atoms with Gasteiger partial charge in [0.2, 0.25) is 6.10 Å². The van der Waals surface area contributed by atoms with Gasteiger partial charge in [0.05, 0.1) is 0 Å². The number of β-lactam (4-membered cyclic amide) rings is 1. The third-order valence-electron chi connectivity index (χ3n) is 5.95. The number of hydrogen-bond donors (Lipinski definition) is 0. The van der Waals surface area contributed by atoms with Crippen LogP contribution in [-0.2, 0) is 16.8 Å². The highest BCUT2D eigenvalue weighted by molar-refractivity contribution is 5.93. The molecule has 2 atom stereocenters. The van der Waals surface area contributed by atoms with E-state index in [1.54, 1.807) is 0 Å². The van der Waals surface area contributed by atoms with Gasteiger partial charge >= 0.3 is 6.01 Å². The predicted octanol–water partition coefficient (Wildman–Crippen LogP) is 3.57. The summed E-state index contributed by atoms with van der Waals surface area (Å²) in [5.74, 6) is -0.00619. The number of carbonyl (C=O) groups is 1. The highest BCUT2D eigenvalue weighted by Crippen LogP contribution is 2.51. The third-order valence-corrected chi connectivity index (χ3v) is 5.95. The molecular formula is C24H23N3O2. The third kappa shape index (κ3) is 2.64. The van der Waals surface area contributed by atoms with Crippen molar-refractivity contribution in [2.75, 3.05) is 6.54 Å². The molecule has 0 unspecified atom stereocenters. The zero-order chi connectivity index (χ0) is 20.0. The van der Waals surface area contributed by atoms with Crippen molar-refractivity contribution in [1.29, 1.82) is 0 Å². The maximum atomic E-state index is 13.3. The highest BCUT2D eigenvalue weighted by atomic mass is 16.5. The molecule has 5 rings (SSSR count). The summed E-state index contributed by atoms with van der Waals surface area (Å²) < 4.78 is 6.25. The molecule has 0 spiro atoms. The molecule has 5 nitrogen and oxygen atoms in total. The number of amides is 1. The van der Waals surface area contributed by atoms with E-state index in [4.69, 9.17) is 4.74 Å². The first-order valence-corrected chi connectivity index (χ1v) is 10.0. The predicted molar refractivity (Wildman–Crippen MR) is 110 cm³/mol. The van der Waals surface area contributed by atoms with Crippen molar-refractivity contribution in [3.05, 3.63) is 88.7 Å². The number of rotatable bonds is 3. The van der Waals surface area contributed by atoms with Gasteiger partial charge in [-0.05, 0) is 49.4 Å². The number of hydrogen-bond acceptors (Lipinski definition) is 4. The van der Waals surface area contributed by atoms with Gasteiger partial charge in [-0.25, -0.2) is 9.97 Å². The molecule has 2 aromatic carbocycles. The normalized spacial score (nSPS) is 22.9. The summed E-state index contributed by atoms with van der Waals surface area (Å²) in [6.07, 6.45) is 1.19. The van der Waals surface area contributed by atoms with Gasteiger partial charge in [-0.3, -0.25) is 4.79 Å². The lowest BCUT2D eigenvalue weighted by atomic mass is 9.69. The molecule has 3 aromatic rings. The van der Waals surface area contributed by atoms with E-state index in [0.717, 1.165) is 35.4 Å². The van der Waals surface area contributed by atoms with Gasteiger partial charge in [0, 0.05) is 17.9 Å². The van der Waals surface area contributed by atoms with Crippen molar-refractivity contribution >= 4 is 5.91 Å². The summed E-state index contributed by atoms with van der Waals surface area (Å²) in [5, 5.41) is 0. The Morgan fingerprint density at radius 1 is 1.00 bits per heavy atom. The van der Waals surface area contributed by atoms with Crippen LogP contribution in [0.15, 0.2) is 60.7 Å². The lowest BCUT2D eigenvalue weighted by Gasteiger charge is -2.56. The van der Waals surface area contributed by atoms with Gasteiger partial charge in [0.25, 0.3) is 5.91 Å². The molecule has 2 aliphatic heterocycles. The fourth-order valence-electron chi connectivity index (χ4n) is 4.82. The minimum absolute atomic E-state index is 0.00619. The van der Waals surface area contributed by atoms with E-state index in [1.165, 1.54) is 5.56 Å². The molecule has 0 bridgehead atoms. The van der Waals surface area contributed by atoms with E-state index in [2.05, 4.69) is 40.3 Å². The molecular weight excluding hydrogens is 362 g/mol. The van der Waals surface area contributed by atoms with E-state index < -0.39 is 11.6 Å². The molecule has 146 valence electrons. The molecule has 1 aromatic heterocycles. The van der Waals surface area contributed by atoms with Crippen LogP contribution in [0.5, 0.6) is 6.01 Å². The van der Waals surface area contributed by atoms with Crippen LogP contribution in [0.1, 0.15) is 34.5 Å². The Kier molecular flexibility index (Phi) is 4.12. The number of aryl methyl sites for hydroxylation is 3. The molecule has 3 heterocycles. The zero-order valence-electron chi connectivity index (χ0n) is 16.6. The lowest BCUT2D eigenvalue weighted by molar-refractivity contribution is -0.177. The fourth-order valence-corrected chi connectivity index (χ4v) is 4.82. The standard InChI is InChI=1S/C24H23N3O2/c1-16-15-17(2)26-23(25-16)29-21-22(28)27-14-8-10-18-9-6-7-13-20(18)24(21,27)19-11-4-3-5-12-19/h3-7,9,11-13,15,21H,8,10,14H2,1-2H3/t21-,24-/m1/s1. The highest BCUT2D eigenvalue weighted by Gasteiger charge is 2.65. The maximum absolute atomic E-state index is 13.3. The Hall–Kier alpha value is -3.21. The van der Waals surface area contributed by atoms with Gasteiger partial charge < -0.3 is 9.64 Å². The van der Waals surface area contributed by atoms with Gasteiger partial charge in [-0.15, -0.1) is 0 Å². The summed E-state index contributed by atoms with van der Waals surface area (Å²) in [6, 6.07) is 20.8. The Balaban J connectivity index is 1.70. The molecule has 1 fully saturated rings. The second-order valence-electron chi connectivity index (χ2n) is 7.81. The number of carbonyl (C=O) groups excluding carboxylic acids is 1. The van der Waals surface area contributed by atoms with Crippen LogP contribution in [0.2, 0.25) is 0 Å². The average Bonchev–Trinajstić information content (AvgIpc) is 2.87. The fraction of sp³-hybridized carbons (Fsp3) is 0.292. The van der Waals surface area contributed by atoms with Gasteiger partial charge in [-0.1, -0.05) is 54.6 Å². The zero-order valence-corrected chi connectivity index (χ0v) is 16.6. The Morgan fingerprint density at radius 3 is 2.45 bits per heavy atom. The van der Waals surface area contributed by atoms with Crippen LogP contribution in [0.3, 0.4) is 0 Å². The number of aromatic nitrogens is 2. The average molecular weight is 385 g/mol. The maximum Gasteiger partial charge on any atom is 0.317 e. The van der Waals surface area contributed by atoms with Crippen LogP contribution >= 0.6 is 0 Å². The van der Waals surface area contributed by atoms with Crippen LogP contribution < -0.4 is 4.74 Å². The van der Waals surface area contributed by atoms with E-state index in [9.17, 15) is 4.79 Å². The van der Waals surface area contributed by atoms with E-state index in [1.807, 2.05) is 49.1 Å². The van der Waals surface area contributed by atoms with Crippen molar-refractivity contribution in [2.24, 2.45) is 0 Å². The van der Waals surface area contributed by atoms with Crippen molar-refractivity contribution in [2.45, 2.75) is 38.3 Å². The van der Waals surface area contributed by atoms with Gasteiger partial charge in [0.1, 0.15) is 5.54 Å². The van der Waals surface area contributed by atoms with Crippen LogP contribution in [0.25, 0.3) is 0 Å². The minimum atomic E-state index is -0.689. The molecule has 0 aliphatic carbocycles. The SMILES string of the molecule is Cc1cc(C)nc(O[C@@H]2C(=O)N3CCCc4ccccc4[C@]23c2ccccc2)n1. The quantitative estimate of drug-likeness (QED) is 0.647. The number of nitrogens with zero attached hydrogens (tertiary/aromatic N) is 3. The van der Waals surface area contributed by atoms with Gasteiger partial charge in [-0.2, -0.15) is 0 Å². The first-order valence-electron chi connectivity index (χ1n) is 10.0. The second kappa shape index (κ2) is 6.69. The van der Waals surface area contributed by atoms with Crippen molar-refractivity contribution in [3.8, 4) is 6.01 Å². The number of fused-ring (bicyclic) bond motifs is 3. The smallest absolute Gasteiger partial charge is 0.317 e. The molecule has 2 aliphatic rings. The van der Waals surface area contributed by atoms with E-state index >= 15 is 0 Å². The minimum Gasteiger partial charge on any atom is -0.447 e. The van der Waals surface area contributed by atoms with Crippen LogP contribution in [-0.4, -0.2) is 33.4 Å². The summed E-state index contributed by atoms with van der Waals surface area (Å²) in [6.45, 7) is 4.52. The van der Waals surface area contributed by atoms with Crippen molar-refractivity contribution in [3.63, 3.8) is 0 Å². The first-order chi connectivity index (χ1) is 14.1. The van der Waals surface area contributed by atoms with Crippen molar-refractivity contribution < 1.29 is 9.53 Å². The summed E-state index contributed by atoms with van der Waals surface area (Å²) in [5.41, 5.74) is 4.45. The molecule has 0 saturated carbocycles. The molecule has 5 heteroatoms. The van der Waals surface area contributed by atoms with Crippen LogP contribution in [0, 0.1) is 13.8 Å². The van der Waals surface area contributed by atoms with Crippen molar-refractivity contribution in [1.82, 2.24) is 14.9 Å². The Bertz CT molecular complexity index is 1060. The molecule has 0 radical (unpaired) electrons. The topological polar surface area (TPSA) is 55.3 Å².